The minimum absolute atomic E-state index is 0.182. The van der Waals surface area contributed by atoms with Gasteiger partial charge in [0.15, 0.2) is 0 Å². The van der Waals surface area contributed by atoms with Crippen LogP contribution in [0.3, 0.4) is 0 Å². The zero-order valence-electron chi connectivity index (χ0n) is 10.6. The van der Waals surface area contributed by atoms with Gasteiger partial charge in [0.2, 0.25) is 5.28 Å². The molecule has 5 nitrogen and oxygen atoms in total. The maximum atomic E-state index is 5.93. The topological polar surface area (TPSA) is 50.3 Å². The highest BCUT2D eigenvalue weighted by Gasteiger charge is 2.18. The third-order valence-corrected chi connectivity index (χ3v) is 4.11. The van der Waals surface area contributed by atoms with Gasteiger partial charge in [-0.1, -0.05) is 0 Å². The maximum Gasteiger partial charge on any atom is 0.225 e. The number of rotatable bonds is 3. The Morgan fingerprint density at radius 2 is 2.47 bits per heavy atom. The molecular formula is C12H15ClN4OS. The first kappa shape index (κ1) is 13.1. The first-order valence-corrected chi connectivity index (χ1v) is 7.43. The molecule has 1 fully saturated rings. The van der Waals surface area contributed by atoms with Crippen LogP contribution in [0.15, 0.2) is 11.4 Å². The number of ether oxygens (including phenoxy) is 1. The number of halogens is 1. The van der Waals surface area contributed by atoms with E-state index < -0.39 is 0 Å². The zero-order valence-corrected chi connectivity index (χ0v) is 12.2. The standard InChI is InChI=1S/C12H15ClN4OS/c1-17-3-4-18-8(7-17)6-14-10-9-2-5-19-11(9)16-12(13)15-10/h2,5,8H,3-4,6-7H2,1H3,(H,14,15,16). The summed E-state index contributed by atoms with van der Waals surface area (Å²) in [5.41, 5.74) is 0. The van der Waals surface area contributed by atoms with Crippen molar-refractivity contribution in [2.24, 2.45) is 0 Å². The lowest BCUT2D eigenvalue weighted by atomic mass is 10.2. The monoisotopic (exact) mass is 298 g/mol. The number of fused-ring (bicyclic) bond motifs is 1. The Morgan fingerprint density at radius 1 is 1.58 bits per heavy atom. The Labute approximate surface area is 120 Å². The molecule has 0 aliphatic carbocycles. The summed E-state index contributed by atoms with van der Waals surface area (Å²) in [5.74, 6) is 0.785. The minimum atomic E-state index is 0.182. The van der Waals surface area contributed by atoms with Crippen molar-refractivity contribution < 1.29 is 4.74 Å². The predicted molar refractivity (Wildman–Crippen MR) is 78.2 cm³/mol. The van der Waals surface area contributed by atoms with Gasteiger partial charge in [0, 0.05) is 19.6 Å². The molecule has 3 rings (SSSR count). The Hall–Kier alpha value is -0.950. The number of hydrogen-bond donors (Lipinski definition) is 1. The van der Waals surface area contributed by atoms with Crippen LogP contribution < -0.4 is 5.32 Å². The van der Waals surface area contributed by atoms with E-state index in [-0.39, 0.29) is 11.4 Å². The number of nitrogens with zero attached hydrogens (tertiary/aromatic N) is 3. The van der Waals surface area contributed by atoms with E-state index >= 15 is 0 Å². The van der Waals surface area contributed by atoms with Crippen LogP contribution in [0.1, 0.15) is 0 Å². The fourth-order valence-electron chi connectivity index (χ4n) is 2.16. The van der Waals surface area contributed by atoms with Crippen molar-refractivity contribution >= 4 is 39.0 Å². The summed E-state index contributed by atoms with van der Waals surface area (Å²) in [6, 6.07) is 2.01. The van der Waals surface area contributed by atoms with E-state index in [0.717, 1.165) is 42.3 Å². The van der Waals surface area contributed by atoms with Crippen molar-refractivity contribution in [1.82, 2.24) is 14.9 Å². The molecule has 3 heterocycles. The van der Waals surface area contributed by atoms with Crippen molar-refractivity contribution in [3.05, 3.63) is 16.7 Å². The molecule has 7 heteroatoms. The lowest BCUT2D eigenvalue weighted by Crippen LogP contribution is -2.43. The summed E-state index contributed by atoms with van der Waals surface area (Å²) in [5, 5.41) is 6.61. The molecule has 2 aromatic rings. The first-order chi connectivity index (χ1) is 9.22. The highest BCUT2D eigenvalue weighted by molar-refractivity contribution is 7.16. The quantitative estimate of drug-likeness (QED) is 0.879. The molecule has 1 N–H and O–H groups in total. The molecule has 0 aromatic carbocycles. The van der Waals surface area contributed by atoms with Gasteiger partial charge in [0.25, 0.3) is 0 Å². The Bertz CT molecular complexity index is 576. The summed E-state index contributed by atoms with van der Waals surface area (Å²) < 4.78 is 5.72. The average Bonchev–Trinajstić information content (AvgIpc) is 2.84. The maximum absolute atomic E-state index is 5.93. The van der Waals surface area contributed by atoms with Crippen molar-refractivity contribution in [2.75, 3.05) is 38.6 Å². The summed E-state index contributed by atoms with van der Waals surface area (Å²) >= 11 is 7.49. The molecule has 0 amide bonds. The second-order valence-electron chi connectivity index (χ2n) is 4.62. The molecule has 0 bridgehead atoms. The molecule has 102 valence electrons. The number of aromatic nitrogens is 2. The molecule has 0 spiro atoms. The molecule has 0 radical (unpaired) electrons. The number of thiophene rings is 1. The van der Waals surface area contributed by atoms with Gasteiger partial charge in [-0.05, 0) is 30.1 Å². The van der Waals surface area contributed by atoms with Crippen LogP contribution >= 0.6 is 22.9 Å². The molecule has 2 aromatic heterocycles. The van der Waals surface area contributed by atoms with Crippen LogP contribution in [0.5, 0.6) is 0 Å². The van der Waals surface area contributed by atoms with Gasteiger partial charge in [0.1, 0.15) is 10.6 Å². The normalized spacial score (nSPS) is 20.8. The van der Waals surface area contributed by atoms with Crippen LogP contribution in [-0.4, -0.2) is 54.3 Å². The van der Waals surface area contributed by atoms with Gasteiger partial charge < -0.3 is 15.0 Å². The van der Waals surface area contributed by atoms with Crippen molar-refractivity contribution in [1.29, 1.82) is 0 Å². The van der Waals surface area contributed by atoms with Gasteiger partial charge >= 0.3 is 0 Å². The van der Waals surface area contributed by atoms with E-state index in [1.54, 1.807) is 11.3 Å². The first-order valence-electron chi connectivity index (χ1n) is 6.17. The van der Waals surface area contributed by atoms with Crippen LogP contribution in [0, 0.1) is 0 Å². The van der Waals surface area contributed by atoms with Crippen LogP contribution in [-0.2, 0) is 4.74 Å². The highest BCUT2D eigenvalue weighted by atomic mass is 35.5. The molecule has 1 saturated heterocycles. The fourth-order valence-corrected chi connectivity index (χ4v) is 3.15. The largest absolute Gasteiger partial charge is 0.374 e. The summed E-state index contributed by atoms with van der Waals surface area (Å²) in [6.45, 7) is 3.42. The van der Waals surface area contributed by atoms with Gasteiger partial charge in [-0.2, -0.15) is 0 Å². The lowest BCUT2D eigenvalue weighted by Gasteiger charge is -2.30. The van der Waals surface area contributed by atoms with Crippen molar-refractivity contribution in [2.45, 2.75) is 6.10 Å². The SMILES string of the molecule is CN1CCOC(CNc2nc(Cl)nc3sccc23)C1. The average molecular weight is 299 g/mol. The molecule has 1 aliphatic rings. The van der Waals surface area contributed by atoms with Gasteiger partial charge in [0.05, 0.1) is 18.1 Å². The Morgan fingerprint density at radius 3 is 3.32 bits per heavy atom. The third kappa shape index (κ3) is 2.97. The van der Waals surface area contributed by atoms with Crippen LogP contribution in [0.2, 0.25) is 5.28 Å². The third-order valence-electron chi connectivity index (χ3n) is 3.14. The minimum Gasteiger partial charge on any atom is -0.374 e. The highest BCUT2D eigenvalue weighted by Crippen LogP contribution is 2.26. The van der Waals surface area contributed by atoms with E-state index in [1.807, 2.05) is 11.4 Å². The Kier molecular flexibility index (Phi) is 3.83. The predicted octanol–water partition coefficient (Wildman–Crippen LogP) is 2.09. The summed E-state index contributed by atoms with van der Waals surface area (Å²) in [6.07, 6.45) is 0.182. The number of anilines is 1. The van der Waals surface area contributed by atoms with Gasteiger partial charge in [-0.3, -0.25) is 0 Å². The summed E-state index contributed by atoms with van der Waals surface area (Å²) in [7, 11) is 2.11. The molecule has 0 saturated carbocycles. The number of hydrogen-bond acceptors (Lipinski definition) is 6. The number of nitrogens with one attached hydrogen (secondary N) is 1. The van der Waals surface area contributed by atoms with E-state index in [1.165, 1.54) is 0 Å². The number of likely N-dealkylation sites (N-methyl/N-ethyl adjacent to an activating group) is 1. The summed E-state index contributed by atoms with van der Waals surface area (Å²) in [4.78, 5) is 11.6. The van der Waals surface area contributed by atoms with E-state index in [4.69, 9.17) is 16.3 Å². The van der Waals surface area contributed by atoms with Crippen molar-refractivity contribution in [3.63, 3.8) is 0 Å². The Balaban J connectivity index is 1.72. The fraction of sp³-hybridized carbons (Fsp3) is 0.500. The molecule has 19 heavy (non-hydrogen) atoms. The molecular weight excluding hydrogens is 284 g/mol. The number of morpholine rings is 1. The van der Waals surface area contributed by atoms with E-state index in [9.17, 15) is 0 Å². The smallest absolute Gasteiger partial charge is 0.225 e. The molecule has 1 unspecified atom stereocenters. The molecule has 1 atom stereocenters. The second kappa shape index (κ2) is 5.58. The lowest BCUT2D eigenvalue weighted by molar-refractivity contribution is -0.0117. The van der Waals surface area contributed by atoms with Gasteiger partial charge in [-0.15, -0.1) is 11.3 Å². The van der Waals surface area contributed by atoms with Gasteiger partial charge in [-0.25, -0.2) is 9.97 Å². The van der Waals surface area contributed by atoms with Crippen LogP contribution in [0.4, 0.5) is 5.82 Å². The second-order valence-corrected chi connectivity index (χ2v) is 5.85. The molecule has 1 aliphatic heterocycles. The van der Waals surface area contributed by atoms with Crippen molar-refractivity contribution in [3.8, 4) is 0 Å². The zero-order chi connectivity index (χ0) is 13.2. The van der Waals surface area contributed by atoms with Crippen LogP contribution in [0.25, 0.3) is 10.2 Å². The van der Waals surface area contributed by atoms with E-state index in [2.05, 4.69) is 27.2 Å². The van der Waals surface area contributed by atoms with E-state index in [0.29, 0.717) is 0 Å².